The van der Waals surface area contributed by atoms with E-state index in [1.807, 2.05) is 43.3 Å². The lowest BCUT2D eigenvalue weighted by Crippen LogP contribution is -2.30. The minimum absolute atomic E-state index is 0.215. The number of hydrogen-bond acceptors (Lipinski definition) is 6. The lowest BCUT2D eigenvalue weighted by atomic mass is 10.3. The Kier molecular flexibility index (Phi) is 4.61. The van der Waals surface area contributed by atoms with E-state index in [4.69, 9.17) is 9.15 Å². The summed E-state index contributed by atoms with van der Waals surface area (Å²) in [6, 6.07) is 11.1. The first-order valence-electron chi connectivity index (χ1n) is 7.46. The van der Waals surface area contributed by atoms with Crippen LogP contribution in [0.4, 0.5) is 5.69 Å². The van der Waals surface area contributed by atoms with Crippen molar-refractivity contribution in [1.29, 1.82) is 0 Å². The van der Waals surface area contributed by atoms with Crippen LogP contribution in [0.1, 0.15) is 17.7 Å². The zero-order valence-electron chi connectivity index (χ0n) is 13.6. The van der Waals surface area contributed by atoms with Crippen LogP contribution in [0, 0.1) is 13.8 Å². The van der Waals surface area contributed by atoms with Gasteiger partial charge in [-0.05, 0) is 32.0 Å². The number of para-hydroxylation sites is 1. The molecule has 1 N–H and O–H groups in total. The number of ether oxygens (including phenoxy) is 1. The number of nitrogens with one attached hydrogen (secondary N) is 1. The third-order valence-electron chi connectivity index (χ3n) is 3.34. The van der Waals surface area contributed by atoms with E-state index in [1.165, 1.54) is 11.3 Å². The second-order valence-corrected chi connectivity index (χ2v) is 6.53. The molecule has 7 heteroatoms. The molecule has 3 rings (SSSR count). The van der Waals surface area contributed by atoms with E-state index in [2.05, 4.69) is 15.5 Å². The van der Waals surface area contributed by atoms with E-state index in [0.29, 0.717) is 17.5 Å². The van der Waals surface area contributed by atoms with Gasteiger partial charge in [-0.15, -0.1) is 21.5 Å². The molecule has 0 aliphatic carbocycles. The molecule has 24 heavy (non-hydrogen) atoms. The minimum Gasteiger partial charge on any atom is -0.481 e. The van der Waals surface area contributed by atoms with Crippen LogP contribution in [0.15, 0.2) is 40.8 Å². The van der Waals surface area contributed by atoms with Crippen molar-refractivity contribution >= 4 is 22.9 Å². The number of thiophene rings is 1. The Morgan fingerprint density at radius 1 is 1.25 bits per heavy atom. The van der Waals surface area contributed by atoms with Crippen molar-refractivity contribution in [2.45, 2.75) is 26.9 Å². The number of aromatic nitrogens is 2. The minimum atomic E-state index is -0.610. The summed E-state index contributed by atoms with van der Waals surface area (Å²) in [7, 11) is 0. The fourth-order valence-electron chi connectivity index (χ4n) is 2.10. The van der Waals surface area contributed by atoms with Crippen LogP contribution in [0.25, 0.3) is 10.8 Å². The van der Waals surface area contributed by atoms with Gasteiger partial charge in [0.2, 0.25) is 5.89 Å². The number of carbonyl (C=O) groups excluding carboxylic acids is 1. The summed E-state index contributed by atoms with van der Waals surface area (Å²) in [6.07, 6.45) is -0.610. The molecule has 2 aromatic heterocycles. The van der Waals surface area contributed by atoms with Gasteiger partial charge >= 0.3 is 0 Å². The van der Waals surface area contributed by atoms with E-state index >= 15 is 0 Å². The molecule has 0 fully saturated rings. The van der Waals surface area contributed by atoms with Gasteiger partial charge in [0.15, 0.2) is 6.10 Å². The number of anilines is 1. The van der Waals surface area contributed by atoms with Gasteiger partial charge in [-0.3, -0.25) is 4.79 Å². The highest BCUT2D eigenvalue weighted by atomic mass is 32.1. The van der Waals surface area contributed by atoms with Crippen LogP contribution < -0.4 is 10.1 Å². The molecule has 0 saturated carbocycles. The fraction of sp³-hybridized carbons (Fsp3) is 0.235. The second-order valence-electron chi connectivity index (χ2n) is 5.27. The molecule has 0 radical (unpaired) electrons. The van der Waals surface area contributed by atoms with Crippen LogP contribution in [-0.2, 0) is 4.79 Å². The molecule has 0 saturated heterocycles. The second kappa shape index (κ2) is 6.84. The largest absolute Gasteiger partial charge is 0.481 e. The summed E-state index contributed by atoms with van der Waals surface area (Å²) in [6.45, 7) is 5.38. The van der Waals surface area contributed by atoms with Gasteiger partial charge in [0.05, 0.1) is 10.6 Å². The summed E-state index contributed by atoms with van der Waals surface area (Å²) < 4.78 is 11.1. The summed E-state index contributed by atoms with van der Waals surface area (Å²) in [5.74, 6) is 1.40. The lowest BCUT2D eigenvalue weighted by Gasteiger charge is -2.14. The Balaban J connectivity index is 1.69. The first-order chi connectivity index (χ1) is 11.5. The number of nitrogens with zero attached hydrogens (tertiary/aromatic N) is 2. The van der Waals surface area contributed by atoms with Crippen LogP contribution in [0.5, 0.6) is 5.75 Å². The quantitative estimate of drug-likeness (QED) is 0.762. The topological polar surface area (TPSA) is 77.2 Å². The summed E-state index contributed by atoms with van der Waals surface area (Å²) in [5.41, 5.74) is 0.722. The average Bonchev–Trinajstić information content (AvgIpc) is 3.15. The van der Waals surface area contributed by atoms with Crippen LogP contribution >= 0.6 is 11.3 Å². The number of amides is 1. The van der Waals surface area contributed by atoms with Gasteiger partial charge in [-0.2, -0.15) is 0 Å². The smallest absolute Gasteiger partial charge is 0.265 e. The molecule has 3 aromatic rings. The first kappa shape index (κ1) is 16.2. The maximum absolute atomic E-state index is 12.3. The van der Waals surface area contributed by atoms with Crippen LogP contribution in [0.3, 0.4) is 0 Å². The molecule has 0 unspecified atom stereocenters. The Bertz CT molecular complexity index is 842. The molecule has 0 bridgehead atoms. The molecule has 1 atom stereocenters. The number of aryl methyl sites for hydroxylation is 2. The van der Waals surface area contributed by atoms with Crippen molar-refractivity contribution in [3.63, 3.8) is 0 Å². The Morgan fingerprint density at radius 2 is 2.00 bits per heavy atom. The third kappa shape index (κ3) is 3.62. The van der Waals surface area contributed by atoms with Gasteiger partial charge in [0.25, 0.3) is 11.8 Å². The number of hydrogen-bond donors (Lipinski definition) is 1. The van der Waals surface area contributed by atoms with Gasteiger partial charge < -0.3 is 14.5 Å². The summed E-state index contributed by atoms with van der Waals surface area (Å²) in [5, 5.41) is 10.7. The van der Waals surface area contributed by atoms with Gasteiger partial charge in [-0.1, -0.05) is 18.2 Å². The third-order valence-corrected chi connectivity index (χ3v) is 4.38. The van der Waals surface area contributed by atoms with Crippen LogP contribution in [-0.4, -0.2) is 22.2 Å². The molecule has 6 nitrogen and oxygen atoms in total. The van der Waals surface area contributed by atoms with E-state index < -0.39 is 6.10 Å². The highest BCUT2D eigenvalue weighted by Crippen LogP contribution is 2.33. The van der Waals surface area contributed by atoms with Gasteiger partial charge in [0.1, 0.15) is 5.75 Å². The molecular weight excluding hydrogens is 326 g/mol. The fourth-order valence-corrected chi connectivity index (χ4v) is 3.00. The number of rotatable bonds is 5. The molecular formula is C17H17N3O3S. The average molecular weight is 343 g/mol. The van der Waals surface area contributed by atoms with E-state index in [0.717, 1.165) is 15.4 Å². The van der Waals surface area contributed by atoms with E-state index in [9.17, 15) is 4.79 Å². The lowest BCUT2D eigenvalue weighted by molar-refractivity contribution is -0.122. The van der Waals surface area contributed by atoms with E-state index in [-0.39, 0.29) is 5.91 Å². The SMILES string of the molecule is Cc1nnc(-c2cc(NC(=O)[C@H](C)Oc3ccccc3)c(C)s2)o1. The predicted octanol–water partition coefficient (Wildman–Crippen LogP) is 3.82. The molecule has 0 spiro atoms. The van der Waals surface area contributed by atoms with Crippen molar-refractivity contribution in [2.24, 2.45) is 0 Å². The predicted molar refractivity (Wildman–Crippen MR) is 92.2 cm³/mol. The van der Waals surface area contributed by atoms with Crippen molar-refractivity contribution in [3.05, 3.63) is 47.2 Å². The maximum Gasteiger partial charge on any atom is 0.265 e. The highest BCUT2D eigenvalue weighted by Gasteiger charge is 2.18. The Morgan fingerprint density at radius 3 is 2.67 bits per heavy atom. The molecule has 1 aromatic carbocycles. The van der Waals surface area contributed by atoms with Crippen molar-refractivity contribution in [3.8, 4) is 16.5 Å². The highest BCUT2D eigenvalue weighted by molar-refractivity contribution is 7.15. The zero-order chi connectivity index (χ0) is 17.1. The standard InChI is InChI=1S/C17H17N3O3S/c1-10(22-13-7-5-4-6-8-13)16(21)18-14-9-15(24-11(14)2)17-20-19-12(3)23-17/h4-10H,1-3H3,(H,18,21)/t10-/m0/s1. The molecule has 0 aliphatic heterocycles. The van der Waals surface area contributed by atoms with Crippen molar-refractivity contribution in [2.75, 3.05) is 5.32 Å². The number of carbonyl (C=O) groups is 1. The summed E-state index contributed by atoms with van der Waals surface area (Å²) >= 11 is 1.49. The maximum atomic E-state index is 12.3. The molecule has 124 valence electrons. The van der Waals surface area contributed by atoms with Crippen molar-refractivity contribution < 1.29 is 13.9 Å². The van der Waals surface area contributed by atoms with Crippen LogP contribution in [0.2, 0.25) is 0 Å². The normalized spacial score (nSPS) is 12.0. The molecule has 2 heterocycles. The Labute approximate surface area is 143 Å². The van der Waals surface area contributed by atoms with E-state index in [1.54, 1.807) is 13.8 Å². The zero-order valence-corrected chi connectivity index (χ0v) is 14.4. The first-order valence-corrected chi connectivity index (χ1v) is 8.28. The van der Waals surface area contributed by atoms with Gasteiger partial charge in [-0.25, -0.2) is 0 Å². The van der Waals surface area contributed by atoms with Gasteiger partial charge in [0, 0.05) is 11.8 Å². The number of benzene rings is 1. The Hall–Kier alpha value is -2.67. The van der Waals surface area contributed by atoms with Crippen molar-refractivity contribution in [1.82, 2.24) is 10.2 Å². The molecule has 1 amide bonds. The monoisotopic (exact) mass is 343 g/mol. The summed E-state index contributed by atoms with van der Waals surface area (Å²) in [4.78, 5) is 14.1. The molecule has 0 aliphatic rings.